The summed E-state index contributed by atoms with van der Waals surface area (Å²) >= 11 is 1.51. The summed E-state index contributed by atoms with van der Waals surface area (Å²) in [6.45, 7) is 4.16. The molecule has 1 aliphatic heterocycles. The predicted molar refractivity (Wildman–Crippen MR) is 200 cm³/mol. The third-order valence-electron chi connectivity index (χ3n) is 9.47. The maximum Gasteiger partial charge on any atom is 0.262 e. The first-order chi connectivity index (χ1) is 24.2. The van der Waals surface area contributed by atoms with Crippen LogP contribution in [0.25, 0.3) is 32.9 Å². The maximum atomic E-state index is 14.6. The number of anilines is 1. The Morgan fingerprint density at radius 1 is 0.940 bits per heavy atom. The topological polar surface area (TPSA) is 104 Å². The number of sulfonamides is 1. The summed E-state index contributed by atoms with van der Waals surface area (Å²) in [5.74, 6) is 0.585. The van der Waals surface area contributed by atoms with Crippen LogP contribution in [-0.4, -0.2) is 42.8 Å². The van der Waals surface area contributed by atoms with Crippen molar-refractivity contribution in [3.63, 3.8) is 0 Å². The number of nitrogens with zero attached hydrogens (tertiary/aromatic N) is 2. The summed E-state index contributed by atoms with van der Waals surface area (Å²) in [7, 11) is -2.33. The number of thiazole rings is 1. The minimum Gasteiger partial charge on any atom is -0.497 e. The van der Waals surface area contributed by atoms with E-state index in [1.165, 1.54) is 11.3 Å². The van der Waals surface area contributed by atoms with E-state index in [0.717, 1.165) is 60.5 Å². The van der Waals surface area contributed by atoms with Crippen LogP contribution >= 0.6 is 11.3 Å². The summed E-state index contributed by atoms with van der Waals surface area (Å²) in [5.41, 5.74) is 6.88. The number of aromatic nitrogens is 2. The van der Waals surface area contributed by atoms with E-state index in [9.17, 15) is 13.2 Å². The quantitative estimate of drug-likeness (QED) is 0.173. The molecule has 8 nitrogen and oxygen atoms in total. The summed E-state index contributed by atoms with van der Waals surface area (Å²) in [6.07, 6.45) is 0.649. The maximum absolute atomic E-state index is 14.6. The minimum absolute atomic E-state index is 0.160. The van der Waals surface area contributed by atoms with Gasteiger partial charge in [0.05, 0.1) is 28.7 Å². The van der Waals surface area contributed by atoms with Crippen molar-refractivity contribution in [1.29, 1.82) is 0 Å². The smallest absolute Gasteiger partial charge is 0.262 e. The standard InChI is InChI=1S/C40H34N4O4S2/c1-24-14-15-27(36-23-49-25(2)41-36)21-37(24)50(46,47)43-29-11-6-10-28(20-29)40(45)44-19-18-32-34-22-30(48-3)16-17-35(34)42-38(32)39(44)33-13-7-9-26-8-4-5-12-31(26)33/h4-17,20-23,39,42-43H,18-19H2,1-3H3. The highest BCUT2D eigenvalue weighted by Gasteiger charge is 2.36. The van der Waals surface area contributed by atoms with Crippen LogP contribution in [0.15, 0.2) is 113 Å². The minimum atomic E-state index is -3.99. The summed E-state index contributed by atoms with van der Waals surface area (Å²) in [5, 5.41) is 6.05. The first kappa shape index (κ1) is 31.8. The Hall–Kier alpha value is -5.45. The molecule has 0 spiro atoms. The molecule has 1 unspecified atom stereocenters. The Morgan fingerprint density at radius 3 is 2.58 bits per heavy atom. The number of ether oxygens (including phenoxy) is 1. The molecule has 8 rings (SSSR count). The fourth-order valence-electron chi connectivity index (χ4n) is 7.06. The van der Waals surface area contributed by atoms with Gasteiger partial charge in [-0.3, -0.25) is 9.52 Å². The van der Waals surface area contributed by atoms with E-state index in [0.29, 0.717) is 29.8 Å². The summed E-state index contributed by atoms with van der Waals surface area (Å²) in [6, 6.07) is 32.0. The second-order valence-corrected chi connectivity index (χ2v) is 15.3. The van der Waals surface area contributed by atoms with Crippen LogP contribution in [0.2, 0.25) is 0 Å². The lowest BCUT2D eigenvalue weighted by Crippen LogP contribution is -2.40. The third-order valence-corrected chi connectivity index (χ3v) is 11.8. The number of rotatable bonds is 7. The van der Waals surface area contributed by atoms with Crippen LogP contribution in [0.1, 0.15) is 43.8 Å². The summed E-state index contributed by atoms with van der Waals surface area (Å²) < 4.78 is 35.9. The van der Waals surface area contributed by atoms with Crippen LogP contribution in [0, 0.1) is 13.8 Å². The molecule has 2 aromatic heterocycles. The van der Waals surface area contributed by atoms with Crippen LogP contribution in [0.5, 0.6) is 5.75 Å². The van der Waals surface area contributed by atoms with E-state index < -0.39 is 16.1 Å². The van der Waals surface area contributed by atoms with Crippen molar-refractivity contribution in [2.75, 3.05) is 18.4 Å². The zero-order valence-corrected chi connectivity index (χ0v) is 29.4. The highest BCUT2D eigenvalue weighted by Crippen LogP contribution is 2.42. The normalized spacial score (nSPS) is 14.5. The molecule has 3 heterocycles. The number of amides is 1. The average molecular weight is 699 g/mol. The molecule has 0 fully saturated rings. The van der Waals surface area contributed by atoms with Gasteiger partial charge in [0.15, 0.2) is 0 Å². The number of H-pyrrole nitrogens is 1. The molecule has 1 atom stereocenters. The molecule has 250 valence electrons. The lowest BCUT2D eigenvalue weighted by Gasteiger charge is -2.37. The molecule has 2 N–H and O–H groups in total. The number of hydrogen-bond acceptors (Lipinski definition) is 6. The number of methoxy groups -OCH3 is 1. The van der Waals surface area contributed by atoms with Crippen LogP contribution < -0.4 is 9.46 Å². The van der Waals surface area contributed by atoms with Crippen molar-refractivity contribution < 1.29 is 17.9 Å². The van der Waals surface area contributed by atoms with Crippen molar-refractivity contribution in [3.05, 3.63) is 141 Å². The molecule has 0 saturated heterocycles. The van der Waals surface area contributed by atoms with Crippen molar-refractivity contribution in [2.24, 2.45) is 0 Å². The molecule has 0 bridgehead atoms. The Balaban J connectivity index is 1.17. The largest absolute Gasteiger partial charge is 0.497 e. The molecule has 1 aliphatic rings. The Labute approximate surface area is 294 Å². The average Bonchev–Trinajstić information content (AvgIpc) is 3.73. The molecule has 7 aromatic rings. The SMILES string of the molecule is COc1ccc2[nH]c3c(c2c1)CCN(C(=O)c1cccc(NS(=O)(=O)c2cc(-c4csc(C)n4)ccc2C)c1)C3c1cccc2ccccc12. The first-order valence-electron chi connectivity index (χ1n) is 16.3. The zero-order chi connectivity index (χ0) is 34.6. The number of hydrogen-bond donors (Lipinski definition) is 2. The molecule has 1 amide bonds. The van der Waals surface area contributed by atoms with E-state index in [1.807, 2.05) is 59.7 Å². The number of carbonyl (C=O) groups is 1. The monoisotopic (exact) mass is 698 g/mol. The fourth-order valence-corrected chi connectivity index (χ4v) is 9.01. The van der Waals surface area contributed by atoms with Gasteiger partial charge in [0, 0.05) is 45.3 Å². The number of nitrogens with one attached hydrogen (secondary N) is 2. The van der Waals surface area contributed by atoms with Gasteiger partial charge in [-0.2, -0.15) is 0 Å². The van der Waals surface area contributed by atoms with Gasteiger partial charge in [-0.15, -0.1) is 11.3 Å². The lowest BCUT2D eigenvalue weighted by atomic mass is 9.89. The number of aromatic amines is 1. The Morgan fingerprint density at radius 2 is 1.76 bits per heavy atom. The van der Waals surface area contributed by atoms with Gasteiger partial charge in [-0.25, -0.2) is 13.4 Å². The van der Waals surface area contributed by atoms with E-state index in [1.54, 1.807) is 50.4 Å². The Bertz CT molecular complexity index is 2550. The number of aryl methyl sites for hydroxylation is 2. The van der Waals surface area contributed by atoms with Gasteiger partial charge >= 0.3 is 0 Å². The van der Waals surface area contributed by atoms with Gasteiger partial charge in [0.2, 0.25) is 0 Å². The van der Waals surface area contributed by atoms with Gasteiger partial charge < -0.3 is 14.6 Å². The van der Waals surface area contributed by atoms with Gasteiger partial charge in [0.1, 0.15) is 5.75 Å². The van der Waals surface area contributed by atoms with Gasteiger partial charge in [-0.1, -0.05) is 60.7 Å². The van der Waals surface area contributed by atoms with Gasteiger partial charge in [0.25, 0.3) is 15.9 Å². The number of carbonyl (C=O) groups excluding carboxylic acids is 1. The first-order valence-corrected chi connectivity index (χ1v) is 18.7. The summed E-state index contributed by atoms with van der Waals surface area (Å²) in [4.78, 5) is 24.8. The lowest BCUT2D eigenvalue weighted by molar-refractivity contribution is 0.0693. The van der Waals surface area contributed by atoms with Crippen molar-refractivity contribution in [1.82, 2.24) is 14.9 Å². The molecule has 5 aromatic carbocycles. The highest BCUT2D eigenvalue weighted by atomic mass is 32.2. The fraction of sp³-hybridized carbons (Fsp3) is 0.150. The van der Waals surface area contributed by atoms with Crippen molar-refractivity contribution >= 4 is 54.6 Å². The zero-order valence-electron chi connectivity index (χ0n) is 27.7. The van der Waals surface area contributed by atoms with Gasteiger partial charge in [-0.05, 0) is 90.2 Å². The predicted octanol–water partition coefficient (Wildman–Crippen LogP) is 8.66. The second kappa shape index (κ2) is 12.5. The van der Waals surface area contributed by atoms with Crippen molar-refractivity contribution in [3.8, 4) is 17.0 Å². The number of fused-ring (bicyclic) bond motifs is 4. The molecule has 50 heavy (non-hydrogen) atoms. The Kier molecular flexibility index (Phi) is 7.92. The molecular formula is C40H34N4O4S2. The van der Waals surface area contributed by atoms with Crippen molar-refractivity contribution in [2.45, 2.75) is 31.2 Å². The molecule has 10 heteroatoms. The van der Waals surface area contributed by atoms with E-state index in [2.05, 4.69) is 39.0 Å². The molecule has 0 radical (unpaired) electrons. The molecule has 0 aliphatic carbocycles. The number of benzene rings is 5. The van der Waals surface area contributed by atoms with Crippen LogP contribution in [0.4, 0.5) is 5.69 Å². The van der Waals surface area contributed by atoms with E-state index in [-0.39, 0.29) is 10.8 Å². The highest BCUT2D eigenvalue weighted by molar-refractivity contribution is 7.92. The molecular weight excluding hydrogens is 665 g/mol. The van der Waals surface area contributed by atoms with Crippen LogP contribution in [0.3, 0.4) is 0 Å². The third kappa shape index (κ3) is 5.60. The second-order valence-electron chi connectivity index (χ2n) is 12.6. The van der Waals surface area contributed by atoms with E-state index >= 15 is 0 Å². The molecule has 0 saturated carbocycles. The van der Waals surface area contributed by atoms with E-state index in [4.69, 9.17) is 4.74 Å². The van der Waals surface area contributed by atoms with Crippen LogP contribution in [-0.2, 0) is 16.4 Å².